The average Bonchev–Trinajstić information content (AvgIpc) is 3.37. The van der Waals surface area contributed by atoms with Crippen LogP contribution in [0.2, 0.25) is 0 Å². The van der Waals surface area contributed by atoms with Crippen molar-refractivity contribution in [1.29, 1.82) is 0 Å². The lowest BCUT2D eigenvalue weighted by Gasteiger charge is -2.36. The van der Waals surface area contributed by atoms with Crippen molar-refractivity contribution in [1.82, 2.24) is 4.90 Å². The lowest BCUT2D eigenvalue weighted by molar-refractivity contribution is -0.135. The number of piperazine rings is 1. The second-order valence-electron chi connectivity index (χ2n) is 9.79. The molecule has 1 unspecified atom stereocenters. The number of allylic oxidation sites excluding steroid dienone is 1. The second kappa shape index (κ2) is 11.0. The van der Waals surface area contributed by atoms with Crippen LogP contribution < -0.4 is 4.90 Å². The Kier molecular flexibility index (Phi) is 7.58. The van der Waals surface area contributed by atoms with E-state index in [2.05, 4.69) is 45.5 Å². The number of anilines is 1. The lowest BCUT2D eigenvalue weighted by atomic mass is 9.80. The first-order valence-corrected chi connectivity index (χ1v) is 13.9. The van der Waals surface area contributed by atoms with Gasteiger partial charge in [-0.1, -0.05) is 25.1 Å². The smallest absolute Gasteiger partial charge is 0.312 e. The summed E-state index contributed by atoms with van der Waals surface area (Å²) in [6.07, 6.45) is 12.5. The molecule has 1 aromatic carbocycles. The highest BCUT2D eigenvalue weighted by atomic mass is 32.1. The number of fused-ring (bicyclic) bond motifs is 2. The Morgan fingerprint density at radius 2 is 1.97 bits per heavy atom. The molecule has 0 spiro atoms. The van der Waals surface area contributed by atoms with Crippen molar-refractivity contribution in [3.05, 3.63) is 65.8 Å². The minimum Gasteiger partial charge on any atom is -0.494 e. The molecule has 7 heteroatoms. The molecule has 0 N–H and O–H groups in total. The van der Waals surface area contributed by atoms with Crippen LogP contribution in [0.5, 0.6) is 0 Å². The van der Waals surface area contributed by atoms with Gasteiger partial charge in [0.1, 0.15) is 5.76 Å². The first kappa shape index (κ1) is 24.8. The van der Waals surface area contributed by atoms with E-state index in [-0.39, 0.29) is 11.9 Å². The van der Waals surface area contributed by atoms with Crippen molar-refractivity contribution in [3.63, 3.8) is 0 Å². The molecule has 0 bridgehead atoms. The van der Waals surface area contributed by atoms with Crippen molar-refractivity contribution in [2.24, 2.45) is 10.9 Å². The molecular formula is C29H35N3O3S. The Morgan fingerprint density at radius 1 is 1.14 bits per heavy atom. The van der Waals surface area contributed by atoms with Crippen LogP contribution in [-0.4, -0.2) is 61.6 Å². The number of aliphatic imine (C=N–C) groups is 1. The van der Waals surface area contributed by atoms with Crippen LogP contribution in [0.25, 0.3) is 10.1 Å². The molecule has 1 saturated heterocycles. The predicted octanol–water partition coefficient (Wildman–Crippen LogP) is 5.57. The van der Waals surface area contributed by atoms with E-state index in [9.17, 15) is 4.79 Å². The molecule has 0 saturated carbocycles. The van der Waals surface area contributed by atoms with Gasteiger partial charge in [-0.05, 0) is 68.1 Å². The third-order valence-corrected chi connectivity index (χ3v) is 8.09. The van der Waals surface area contributed by atoms with Gasteiger partial charge in [0.05, 0.1) is 12.1 Å². The van der Waals surface area contributed by atoms with Crippen molar-refractivity contribution in [2.45, 2.75) is 38.6 Å². The molecule has 0 radical (unpaired) electrons. The molecule has 36 heavy (non-hydrogen) atoms. The standard InChI is InChI=1S/C29H35N3O3S/c1-3-28(33)35-27-12-10-22-9-11-23(21-29(22,2)30-27)34-19-5-4-14-31-15-17-32(18-16-31)25-7-6-8-26-24(25)13-20-36-26/h6-13,20-22H,3-5,14-19H2,1-2H3/t22?,29-/m0/s1. The van der Waals surface area contributed by atoms with Crippen LogP contribution in [-0.2, 0) is 14.3 Å². The first-order valence-electron chi connectivity index (χ1n) is 13.0. The summed E-state index contributed by atoms with van der Waals surface area (Å²) in [6, 6.07) is 8.89. The summed E-state index contributed by atoms with van der Waals surface area (Å²) in [4.78, 5) is 21.4. The fourth-order valence-electron chi connectivity index (χ4n) is 5.08. The second-order valence-corrected chi connectivity index (χ2v) is 10.7. The number of rotatable bonds is 8. The number of ether oxygens (including phenoxy) is 2. The van der Waals surface area contributed by atoms with E-state index in [1.54, 1.807) is 13.0 Å². The van der Waals surface area contributed by atoms with Gasteiger partial charge in [0.25, 0.3) is 0 Å². The van der Waals surface area contributed by atoms with Crippen molar-refractivity contribution < 1.29 is 14.3 Å². The van der Waals surface area contributed by atoms with Crippen LogP contribution in [0.4, 0.5) is 5.69 Å². The maximum atomic E-state index is 11.6. The summed E-state index contributed by atoms with van der Waals surface area (Å²) in [5.74, 6) is 1.08. The zero-order valence-electron chi connectivity index (χ0n) is 21.2. The van der Waals surface area contributed by atoms with Gasteiger partial charge in [0.15, 0.2) is 0 Å². The Hall–Kier alpha value is -2.90. The number of unbranched alkanes of at least 4 members (excludes halogenated alkanes) is 1. The van der Waals surface area contributed by atoms with Gasteiger partial charge in [-0.3, -0.25) is 9.69 Å². The Labute approximate surface area is 217 Å². The Balaban J connectivity index is 1.04. The molecule has 6 nitrogen and oxygen atoms in total. The SMILES string of the molecule is CCC(=O)OC1=N[C@@]2(C)C=C(OCCCCN3CCN(c4cccc5sccc45)CC3)C=CC2C=C1. The highest BCUT2D eigenvalue weighted by Gasteiger charge is 2.35. The number of thiophene rings is 1. The van der Waals surface area contributed by atoms with Gasteiger partial charge in [-0.2, -0.15) is 0 Å². The number of dihydropyridines is 1. The summed E-state index contributed by atoms with van der Waals surface area (Å²) in [6.45, 7) is 9.98. The number of nitrogens with zero attached hydrogens (tertiary/aromatic N) is 3. The van der Waals surface area contributed by atoms with Crippen molar-refractivity contribution in [3.8, 4) is 0 Å². The molecular weight excluding hydrogens is 470 g/mol. The van der Waals surface area contributed by atoms with E-state index in [0.717, 1.165) is 51.3 Å². The number of carbonyl (C=O) groups excluding carboxylic acids is 1. The third kappa shape index (κ3) is 5.57. The molecule has 2 atom stereocenters. The van der Waals surface area contributed by atoms with E-state index < -0.39 is 5.54 Å². The number of esters is 1. The van der Waals surface area contributed by atoms with Gasteiger partial charge in [-0.25, -0.2) is 4.99 Å². The minimum atomic E-state index is -0.491. The van der Waals surface area contributed by atoms with E-state index in [1.807, 2.05) is 36.5 Å². The monoisotopic (exact) mass is 505 g/mol. The maximum absolute atomic E-state index is 11.6. The fraction of sp³-hybridized carbons (Fsp3) is 0.448. The summed E-state index contributed by atoms with van der Waals surface area (Å²) >= 11 is 1.82. The zero-order chi connectivity index (χ0) is 25.0. The van der Waals surface area contributed by atoms with E-state index >= 15 is 0 Å². The van der Waals surface area contributed by atoms with E-state index in [0.29, 0.717) is 18.9 Å². The maximum Gasteiger partial charge on any atom is 0.312 e. The van der Waals surface area contributed by atoms with Crippen LogP contribution in [0.3, 0.4) is 0 Å². The molecule has 3 aliphatic rings. The van der Waals surface area contributed by atoms with Crippen LogP contribution in [0.1, 0.15) is 33.1 Å². The van der Waals surface area contributed by atoms with Gasteiger partial charge in [0.2, 0.25) is 5.90 Å². The summed E-state index contributed by atoms with van der Waals surface area (Å²) in [7, 11) is 0. The molecule has 1 fully saturated rings. The van der Waals surface area contributed by atoms with Crippen LogP contribution in [0.15, 0.2) is 70.8 Å². The van der Waals surface area contributed by atoms with Crippen molar-refractivity contribution >= 4 is 39.0 Å². The predicted molar refractivity (Wildman–Crippen MR) is 148 cm³/mol. The molecule has 2 aliphatic heterocycles. The topological polar surface area (TPSA) is 54.4 Å². The number of carbonyl (C=O) groups is 1. The molecule has 1 aromatic heterocycles. The molecule has 2 aromatic rings. The quantitative estimate of drug-likeness (QED) is 0.347. The van der Waals surface area contributed by atoms with Gasteiger partial charge in [0, 0.05) is 54.3 Å². The summed E-state index contributed by atoms with van der Waals surface area (Å²) in [5.41, 5.74) is 0.884. The third-order valence-electron chi connectivity index (χ3n) is 7.20. The highest BCUT2D eigenvalue weighted by Crippen LogP contribution is 2.35. The molecule has 190 valence electrons. The number of hydrogen-bond acceptors (Lipinski definition) is 7. The van der Waals surface area contributed by atoms with Crippen LogP contribution in [0, 0.1) is 5.92 Å². The van der Waals surface area contributed by atoms with Gasteiger partial charge >= 0.3 is 5.97 Å². The number of hydrogen-bond donors (Lipinski definition) is 0. The first-order chi connectivity index (χ1) is 17.5. The molecule has 1 aliphatic carbocycles. The average molecular weight is 506 g/mol. The normalized spacial score (nSPS) is 23.8. The molecule has 0 amide bonds. The van der Waals surface area contributed by atoms with Gasteiger partial charge in [-0.15, -0.1) is 11.3 Å². The minimum absolute atomic E-state index is 0.138. The summed E-state index contributed by atoms with van der Waals surface area (Å²) < 4.78 is 12.8. The Bertz CT molecular complexity index is 1210. The largest absolute Gasteiger partial charge is 0.494 e. The zero-order valence-corrected chi connectivity index (χ0v) is 22.0. The Morgan fingerprint density at radius 3 is 2.81 bits per heavy atom. The van der Waals surface area contributed by atoms with Crippen LogP contribution >= 0.6 is 11.3 Å². The summed E-state index contributed by atoms with van der Waals surface area (Å²) in [5, 5.41) is 3.57. The van der Waals surface area contributed by atoms with Gasteiger partial charge < -0.3 is 14.4 Å². The fourth-order valence-corrected chi connectivity index (χ4v) is 5.89. The van der Waals surface area contributed by atoms with E-state index in [4.69, 9.17) is 14.5 Å². The molecule has 5 rings (SSSR count). The highest BCUT2D eigenvalue weighted by molar-refractivity contribution is 7.17. The molecule has 3 heterocycles. The number of benzene rings is 1. The van der Waals surface area contributed by atoms with Crippen molar-refractivity contribution in [2.75, 3.05) is 44.2 Å². The van der Waals surface area contributed by atoms with E-state index in [1.165, 1.54) is 15.8 Å². The lowest BCUT2D eigenvalue weighted by Crippen LogP contribution is -2.46.